The second-order valence-electron chi connectivity index (χ2n) is 8.56. The summed E-state index contributed by atoms with van der Waals surface area (Å²) in [6.07, 6.45) is 4.42. The number of anilines is 1. The molecule has 5 rings (SSSR count). The van der Waals surface area contributed by atoms with Crippen molar-refractivity contribution in [3.63, 3.8) is 0 Å². The third-order valence-corrected chi connectivity index (χ3v) is 6.23. The summed E-state index contributed by atoms with van der Waals surface area (Å²) < 4.78 is 4.82. The number of benzene rings is 2. The molecular formula is C27H24N4O3. The molecular weight excluding hydrogens is 428 g/mol. The monoisotopic (exact) mass is 452 g/mol. The van der Waals surface area contributed by atoms with E-state index in [1.165, 1.54) is 7.11 Å². The van der Waals surface area contributed by atoms with Gasteiger partial charge >= 0.3 is 5.97 Å². The number of carbonyl (C=O) groups excluding carboxylic acids is 2. The normalized spacial score (nSPS) is 13.3. The largest absolute Gasteiger partial charge is 0.466 e. The van der Waals surface area contributed by atoms with Crippen LogP contribution in [0.25, 0.3) is 6.08 Å². The van der Waals surface area contributed by atoms with Gasteiger partial charge in [-0.15, -0.1) is 0 Å². The standard InChI is InChI=1S/C27H24N4O3/c1-16-3-4-17(8-26(32)18-5-6-19-14-30-31-25(19)11-18)7-22(16)13-28-23-10-20-9-21(27(33)34-2)12-24(20)29-15-23/h3-7,9-11,15,28H,8,12-14H2,1-2H3. The van der Waals surface area contributed by atoms with E-state index in [0.717, 1.165) is 44.9 Å². The molecule has 0 saturated carbocycles. The van der Waals surface area contributed by atoms with Crippen molar-refractivity contribution in [2.75, 3.05) is 12.4 Å². The van der Waals surface area contributed by atoms with Crippen LogP contribution in [0.15, 0.2) is 64.5 Å². The highest BCUT2D eigenvalue weighted by Crippen LogP contribution is 2.29. The molecule has 0 atom stereocenters. The number of azo groups is 1. The Labute approximate surface area is 197 Å². The van der Waals surface area contributed by atoms with Crippen molar-refractivity contribution in [3.05, 3.63) is 93.3 Å². The van der Waals surface area contributed by atoms with Crippen LogP contribution in [-0.4, -0.2) is 23.8 Å². The average Bonchev–Trinajstić information content (AvgIpc) is 3.49. The number of Topliss-reactive ketones (excluding diaryl/α,β-unsaturated/α-hetero) is 1. The molecule has 170 valence electrons. The van der Waals surface area contributed by atoms with Crippen molar-refractivity contribution in [3.8, 4) is 0 Å². The number of fused-ring (bicyclic) bond motifs is 2. The van der Waals surface area contributed by atoms with E-state index >= 15 is 0 Å². The van der Waals surface area contributed by atoms with Crippen LogP contribution in [0.2, 0.25) is 0 Å². The van der Waals surface area contributed by atoms with E-state index in [9.17, 15) is 9.59 Å². The molecule has 34 heavy (non-hydrogen) atoms. The molecule has 0 spiro atoms. The van der Waals surface area contributed by atoms with Gasteiger partial charge in [0.05, 0.1) is 36.9 Å². The fourth-order valence-electron chi connectivity index (χ4n) is 4.22. The van der Waals surface area contributed by atoms with Crippen LogP contribution in [0.5, 0.6) is 0 Å². The van der Waals surface area contributed by atoms with Crippen LogP contribution in [-0.2, 0) is 35.5 Å². The Balaban J connectivity index is 1.27. The topological polar surface area (TPSA) is 93.0 Å². The molecule has 1 aromatic heterocycles. The summed E-state index contributed by atoms with van der Waals surface area (Å²) in [4.78, 5) is 29.2. The van der Waals surface area contributed by atoms with Gasteiger partial charge in [-0.2, -0.15) is 10.2 Å². The minimum Gasteiger partial charge on any atom is -0.466 e. The SMILES string of the molecule is COC(=O)C1=Cc2cc(NCc3cc(CC(=O)c4ccc5c(c4)N=NC5)ccc3C)cnc2C1. The lowest BCUT2D eigenvalue weighted by Crippen LogP contribution is -2.07. The van der Waals surface area contributed by atoms with E-state index in [0.29, 0.717) is 37.1 Å². The van der Waals surface area contributed by atoms with Gasteiger partial charge in [0.2, 0.25) is 0 Å². The maximum Gasteiger partial charge on any atom is 0.334 e. The molecule has 1 N–H and O–H groups in total. The second kappa shape index (κ2) is 9.02. The lowest BCUT2D eigenvalue weighted by Gasteiger charge is -2.12. The van der Waals surface area contributed by atoms with Crippen molar-refractivity contribution < 1.29 is 14.3 Å². The third-order valence-electron chi connectivity index (χ3n) is 6.23. The molecule has 0 unspecified atom stereocenters. The van der Waals surface area contributed by atoms with Gasteiger partial charge in [0.15, 0.2) is 5.78 Å². The van der Waals surface area contributed by atoms with Gasteiger partial charge in [-0.25, -0.2) is 4.79 Å². The predicted molar refractivity (Wildman–Crippen MR) is 129 cm³/mol. The smallest absolute Gasteiger partial charge is 0.334 e. The molecule has 3 aromatic rings. The van der Waals surface area contributed by atoms with Gasteiger partial charge in [-0.05, 0) is 47.4 Å². The van der Waals surface area contributed by atoms with Crippen LogP contribution < -0.4 is 5.32 Å². The number of hydrogen-bond donors (Lipinski definition) is 1. The molecule has 0 amide bonds. The molecule has 2 aromatic carbocycles. The number of nitrogens with one attached hydrogen (secondary N) is 1. The average molecular weight is 453 g/mol. The van der Waals surface area contributed by atoms with Gasteiger partial charge in [0.25, 0.3) is 0 Å². The molecule has 2 heterocycles. The maximum atomic E-state index is 12.9. The van der Waals surface area contributed by atoms with Gasteiger partial charge in [-0.1, -0.05) is 30.3 Å². The van der Waals surface area contributed by atoms with E-state index in [2.05, 4.69) is 33.5 Å². The minimum absolute atomic E-state index is 0.0590. The Morgan fingerprint density at radius 3 is 2.85 bits per heavy atom. The number of methoxy groups -OCH3 is 1. The zero-order valence-corrected chi connectivity index (χ0v) is 19.1. The van der Waals surface area contributed by atoms with Crippen molar-refractivity contribution in [2.24, 2.45) is 10.2 Å². The quantitative estimate of drug-likeness (QED) is 0.396. The third kappa shape index (κ3) is 4.37. The molecule has 0 fully saturated rings. The summed E-state index contributed by atoms with van der Waals surface area (Å²) in [6, 6.07) is 13.7. The fourth-order valence-corrected chi connectivity index (χ4v) is 4.22. The number of nitrogens with zero attached hydrogens (tertiary/aromatic N) is 3. The lowest BCUT2D eigenvalue weighted by molar-refractivity contribution is -0.136. The summed E-state index contributed by atoms with van der Waals surface area (Å²) in [5.74, 6) is -0.262. The van der Waals surface area contributed by atoms with Crippen LogP contribution in [0.1, 0.15) is 43.9 Å². The number of carbonyl (C=O) groups is 2. The van der Waals surface area contributed by atoms with Crippen molar-refractivity contribution >= 4 is 29.2 Å². The number of ketones is 1. The van der Waals surface area contributed by atoms with Crippen LogP contribution in [0.3, 0.4) is 0 Å². The Kier molecular flexibility index (Phi) is 5.76. The second-order valence-corrected chi connectivity index (χ2v) is 8.56. The highest BCUT2D eigenvalue weighted by Gasteiger charge is 2.20. The Bertz CT molecular complexity index is 1370. The minimum atomic E-state index is -0.321. The first-order chi connectivity index (χ1) is 16.5. The number of esters is 1. The molecule has 2 aliphatic rings. The molecule has 7 nitrogen and oxygen atoms in total. The zero-order chi connectivity index (χ0) is 23.7. The first-order valence-corrected chi connectivity index (χ1v) is 11.1. The van der Waals surface area contributed by atoms with Crippen molar-refractivity contribution in [2.45, 2.75) is 32.9 Å². The lowest BCUT2D eigenvalue weighted by atomic mass is 9.98. The molecule has 1 aliphatic carbocycles. The molecule has 0 radical (unpaired) electrons. The van der Waals surface area contributed by atoms with E-state index < -0.39 is 0 Å². The summed E-state index contributed by atoms with van der Waals surface area (Å²) in [7, 11) is 1.38. The van der Waals surface area contributed by atoms with Gasteiger partial charge < -0.3 is 10.1 Å². The van der Waals surface area contributed by atoms with Crippen LogP contribution in [0, 0.1) is 6.92 Å². The van der Waals surface area contributed by atoms with E-state index in [1.54, 1.807) is 6.20 Å². The van der Waals surface area contributed by atoms with E-state index in [-0.39, 0.29) is 11.8 Å². The molecule has 0 bridgehead atoms. The highest BCUT2D eigenvalue weighted by atomic mass is 16.5. The number of pyridine rings is 1. The summed E-state index contributed by atoms with van der Waals surface area (Å²) in [5.41, 5.74) is 9.00. The van der Waals surface area contributed by atoms with Gasteiger partial charge in [0.1, 0.15) is 0 Å². The Morgan fingerprint density at radius 2 is 2.00 bits per heavy atom. The predicted octanol–water partition coefficient (Wildman–Crippen LogP) is 5.14. The fraction of sp³-hybridized carbons (Fsp3) is 0.222. The number of hydrogen-bond acceptors (Lipinski definition) is 7. The Hall–Kier alpha value is -4.13. The van der Waals surface area contributed by atoms with Crippen LogP contribution >= 0.6 is 0 Å². The summed E-state index contributed by atoms with van der Waals surface area (Å²) >= 11 is 0. The van der Waals surface area contributed by atoms with E-state index in [4.69, 9.17) is 4.74 Å². The van der Waals surface area contributed by atoms with Crippen molar-refractivity contribution in [1.29, 1.82) is 0 Å². The summed E-state index contributed by atoms with van der Waals surface area (Å²) in [5, 5.41) is 11.5. The molecule has 0 saturated heterocycles. The van der Waals surface area contributed by atoms with E-state index in [1.807, 2.05) is 42.5 Å². The number of aryl methyl sites for hydroxylation is 1. The van der Waals surface area contributed by atoms with Gasteiger partial charge in [-0.3, -0.25) is 9.78 Å². The zero-order valence-electron chi connectivity index (χ0n) is 19.1. The number of ether oxygens (including phenoxy) is 1. The van der Waals surface area contributed by atoms with Gasteiger partial charge in [0, 0.05) is 36.1 Å². The van der Waals surface area contributed by atoms with Crippen LogP contribution in [0.4, 0.5) is 11.4 Å². The highest BCUT2D eigenvalue weighted by molar-refractivity contribution is 5.98. The number of rotatable bonds is 7. The molecule has 1 aliphatic heterocycles. The maximum absolute atomic E-state index is 12.9. The first kappa shape index (κ1) is 21.7. The molecule has 7 heteroatoms. The summed E-state index contributed by atoms with van der Waals surface area (Å²) in [6.45, 7) is 3.24. The number of aromatic nitrogens is 1. The Morgan fingerprint density at radius 1 is 1.12 bits per heavy atom. The first-order valence-electron chi connectivity index (χ1n) is 11.1. The van der Waals surface area contributed by atoms with Crippen molar-refractivity contribution in [1.82, 2.24) is 4.98 Å².